The van der Waals surface area contributed by atoms with Crippen LogP contribution >= 0.6 is 11.3 Å². The second-order valence-electron chi connectivity index (χ2n) is 4.20. The molecule has 0 spiro atoms. The number of alkyl halides is 3. The Labute approximate surface area is 109 Å². The van der Waals surface area contributed by atoms with Gasteiger partial charge in [0.15, 0.2) is 0 Å². The summed E-state index contributed by atoms with van der Waals surface area (Å²) in [6.07, 6.45) is -3.71. The van der Waals surface area contributed by atoms with E-state index in [0.29, 0.717) is 6.42 Å². The fourth-order valence-corrected chi connectivity index (χ4v) is 2.98. The van der Waals surface area contributed by atoms with Crippen molar-refractivity contribution < 1.29 is 17.9 Å². The summed E-state index contributed by atoms with van der Waals surface area (Å²) in [7, 11) is 1.81. The lowest BCUT2D eigenvalue weighted by Gasteiger charge is -2.16. The molecule has 1 aromatic rings. The number of hydrogen-bond acceptors (Lipinski definition) is 3. The van der Waals surface area contributed by atoms with Crippen LogP contribution in [0.15, 0.2) is 6.07 Å². The molecule has 18 heavy (non-hydrogen) atoms. The van der Waals surface area contributed by atoms with Crippen LogP contribution in [-0.4, -0.2) is 26.4 Å². The Morgan fingerprint density at radius 1 is 1.39 bits per heavy atom. The van der Waals surface area contributed by atoms with Gasteiger partial charge in [-0.3, -0.25) is 0 Å². The van der Waals surface area contributed by atoms with Crippen LogP contribution < -0.4 is 5.32 Å². The Bertz CT molecular complexity index is 376. The zero-order valence-corrected chi connectivity index (χ0v) is 11.5. The van der Waals surface area contributed by atoms with Gasteiger partial charge in [0.2, 0.25) is 0 Å². The fourth-order valence-electron chi connectivity index (χ4n) is 1.80. The first-order chi connectivity index (χ1) is 8.33. The molecule has 0 aliphatic rings. The van der Waals surface area contributed by atoms with Gasteiger partial charge in [-0.25, -0.2) is 0 Å². The lowest BCUT2D eigenvalue weighted by molar-refractivity contribution is -0.174. The van der Waals surface area contributed by atoms with Crippen molar-refractivity contribution in [1.29, 1.82) is 0 Å². The highest BCUT2D eigenvalue weighted by molar-refractivity contribution is 7.12. The molecule has 0 bridgehead atoms. The Morgan fingerprint density at radius 2 is 2.06 bits per heavy atom. The van der Waals surface area contributed by atoms with Gasteiger partial charge in [-0.05, 0) is 38.9 Å². The maximum atomic E-state index is 11.9. The Hall–Kier alpha value is -0.590. The molecule has 0 aromatic carbocycles. The van der Waals surface area contributed by atoms with Crippen molar-refractivity contribution in [2.45, 2.75) is 32.5 Å². The van der Waals surface area contributed by atoms with Crippen molar-refractivity contribution in [3.8, 4) is 0 Å². The van der Waals surface area contributed by atoms with E-state index in [2.05, 4.69) is 16.1 Å². The SMILES string of the molecule is CNC(CCOCC(F)(F)F)c1sc(C)cc1C. The molecule has 104 valence electrons. The van der Waals surface area contributed by atoms with Crippen molar-refractivity contribution in [3.05, 3.63) is 21.4 Å². The van der Waals surface area contributed by atoms with Gasteiger partial charge in [-0.1, -0.05) is 0 Å². The molecule has 6 heteroatoms. The summed E-state index contributed by atoms with van der Waals surface area (Å²) in [4.78, 5) is 2.38. The average molecular weight is 281 g/mol. The van der Waals surface area contributed by atoms with E-state index in [9.17, 15) is 13.2 Å². The number of ether oxygens (including phenoxy) is 1. The zero-order valence-electron chi connectivity index (χ0n) is 10.7. The number of thiophene rings is 1. The largest absolute Gasteiger partial charge is 0.411 e. The van der Waals surface area contributed by atoms with E-state index in [4.69, 9.17) is 0 Å². The van der Waals surface area contributed by atoms with Crippen molar-refractivity contribution in [1.82, 2.24) is 5.32 Å². The third-order valence-electron chi connectivity index (χ3n) is 2.56. The van der Waals surface area contributed by atoms with Crippen LogP contribution in [0.2, 0.25) is 0 Å². The summed E-state index contributed by atoms with van der Waals surface area (Å²) in [6, 6.07) is 2.14. The van der Waals surface area contributed by atoms with Crippen molar-refractivity contribution in [2.75, 3.05) is 20.3 Å². The van der Waals surface area contributed by atoms with Crippen molar-refractivity contribution in [3.63, 3.8) is 0 Å². The number of rotatable bonds is 6. The molecule has 1 heterocycles. The lowest BCUT2D eigenvalue weighted by Crippen LogP contribution is -2.21. The maximum Gasteiger partial charge on any atom is 0.411 e. The topological polar surface area (TPSA) is 21.3 Å². The minimum Gasteiger partial charge on any atom is -0.372 e. The summed E-state index contributed by atoms with van der Waals surface area (Å²) >= 11 is 1.67. The van der Waals surface area contributed by atoms with Crippen LogP contribution in [0.4, 0.5) is 13.2 Å². The van der Waals surface area contributed by atoms with Crippen LogP contribution in [0.1, 0.15) is 27.8 Å². The van der Waals surface area contributed by atoms with E-state index < -0.39 is 12.8 Å². The van der Waals surface area contributed by atoms with Gasteiger partial charge < -0.3 is 10.1 Å². The lowest BCUT2D eigenvalue weighted by atomic mass is 10.1. The molecule has 0 saturated carbocycles. The highest BCUT2D eigenvalue weighted by Crippen LogP contribution is 2.29. The molecule has 0 radical (unpaired) electrons. The predicted molar refractivity (Wildman–Crippen MR) is 67.1 cm³/mol. The molecule has 1 aromatic heterocycles. The molecule has 1 unspecified atom stereocenters. The van der Waals surface area contributed by atoms with Gasteiger partial charge in [-0.15, -0.1) is 11.3 Å². The molecule has 2 nitrogen and oxygen atoms in total. The molecule has 0 saturated heterocycles. The van der Waals surface area contributed by atoms with Crippen LogP contribution in [0.5, 0.6) is 0 Å². The van der Waals surface area contributed by atoms with Crippen molar-refractivity contribution in [2.24, 2.45) is 0 Å². The smallest absolute Gasteiger partial charge is 0.372 e. The minimum atomic E-state index is -4.25. The third kappa shape index (κ3) is 4.96. The quantitative estimate of drug-likeness (QED) is 0.805. The molecular weight excluding hydrogens is 263 g/mol. The van der Waals surface area contributed by atoms with E-state index in [-0.39, 0.29) is 12.6 Å². The normalized spacial score (nSPS) is 13.9. The number of nitrogens with one attached hydrogen (secondary N) is 1. The van der Waals surface area contributed by atoms with Crippen LogP contribution in [0, 0.1) is 13.8 Å². The summed E-state index contributed by atoms with van der Waals surface area (Å²) in [6.45, 7) is 2.96. The van der Waals surface area contributed by atoms with Gasteiger partial charge in [0.25, 0.3) is 0 Å². The number of halogens is 3. The molecule has 1 atom stereocenters. The van der Waals surface area contributed by atoms with Gasteiger partial charge in [0.1, 0.15) is 6.61 Å². The second-order valence-corrected chi connectivity index (χ2v) is 5.49. The Kier molecular flexibility index (Phi) is 5.62. The monoisotopic (exact) mass is 281 g/mol. The van der Waals surface area contributed by atoms with E-state index in [1.165, 1.54) is 15.3 Å². The zero-order chi connectivity index (χ0) is 13.8. The molecule has 0 aliphatic heterocycles. The number of hydrogen-bond donors (Lipinski definition) is 1. The summed E-state index contributed by atoms with van der Waals surface area (Å²) in [5.74, 6) is 0. The predicted octanol–water partition coefficient (Wildman–Crippen LogP) is 3.59. The van der Waals surface area contributed by atoms with Crippen LogP contribution in [0.25, 0.3) is 0 Å². The van der Waals surface area contributed by atoms with Crippen molar-refractivity contribution >= 4 is 11.3 Å². The number of aryl methyl sites for hydroxylation is 2. The summed E-state index contributed by atoms with van der Waals surface area (Å²) in [5, 5.41) is 3.12. The molecule has 0 aliphatic carbocycles. The van der Waals surface area contributed by atoms with Gasteiger partial charge in [0, 0.05) is 22.4 Å². The first-order valence-electron chi connectivity index (χ1n) is 5.72. The molecule has 1 N–H and O–H groups in total. The summed E-state index contributed by atoms with van der Waals surface area (Å²) in [5.41, 5.74) is 1.17. The molecule has 0 amide bonds. The van der Waals surface area contributed by atoms with E-state index in [1.54, 1.807) is 11.3 Å². The van der Waals surface area contributed by atoms with Crippen LogP contribution in [-0.2, 0) is 4.74 Å². The average Bonchev–Trinajstić information content (AvgIpc) is 2.56. The highest BCUT2D eigenvalue weighted by atomic mass is 32.1. The Balaban J connectivity index is 2.46. The molecular formula is C12H18F3NOS. The third-order valence-corrected chi connectivity index (χ3v) is 3.83. The van der Waals surface area contributed by atoms with Crippen LogP contribution in [0.3, 0.4) is 0 Å². The standard InChI is InChI=1S/C12H18F3NOS/c1-8-6-9(2)18-11(8)10(16-3)4-5-17-7-12(13,14)15/h6,10,16H,4-5,7H2,1-3H3. The van der Waals surface area contributed by atoms with E-state index >= 15 is 0 Å². The first-order valence-corrected chi connectivity index (χ1v) is 6.54. The first kappa shape index (κ1) is 15.5. The molecule has 0 fully saturated rings. The highest BCUT2D eigenvalue weighted by Gasteiger charge is 2.27. The maximum absolute atomic E-state index is 11.9. The fraction of sp³-hybridized carbons (Fsp3) is 0.667. The van der Waals surface area contributed by atoms with E-state index in [1.807, 2.05) is 20.9 Å². The summed E-state index contributed by atoms with van der Waals surface area (Å²) < 4.78 is 40.4. The van der Waals surface area contributed by atoms with E-state index in [0.717, 1.165) is 0 Å². The second kappa shape index (κ2) is 6.54. The van der Waals surface area contributed by atoms with Gasteiger partial charge in [0.05, 0.1) is 0 Å². The Morgan fingerprint density at radius 3 is 2.50 bits per heavy atom. The minimum absolute atomic E-state index is 0.0527. The van der Waals surface area contributed by atoms with Gasteiger partial charge in [-0.2, -0.15) is 13.2 Å². The molecule has 1 rings (SSSR count). The van der Waals surface area contributed by atoms with Gasteiger partial charge >= 0.3 is 6.18 Å².